The van der Waals surface area contributed by atoms with Crippen molar-refractivity contribution in [3.63, 3.8) is 0 Å². The number of thiazole rings is 1. The van der Waals surface area contributed by atoms with E-state index in [1.54, 1.807) is 5.38 Å². The summed E-state index contributed by atoms with van der Waals surface area (Å²) in [4.78, 5) is 43.1. The third-order valence-electron chi connectivity index (χ3n) is 5.98. The molecule has 4 rings (SSSR count). The molecule has 2 unspecified atom stereocenters. The van der Waals surface area contributed by atoms with E-state index in [0.29, 0.717) is 29.1 Å². The fourth-order valence-electron chi connectivity index (χ4n) is 4.25. The molecule has 2 aromatic rings. The van der Waals surface area contributed by atoms with Crippen molar-refractivity contribution in [2.75, 3.05) is 0 Å². The van der Waals surface area contributed by atoms with E-state index in [1.807, 2.05) is 0 Å². The predicted octanol–water partition coefficient (Wildman–Crippen LogP) is 4.44. The molecule has 6 nitrogen and oxygen atoms in total. The molecule has 0 bridgehead atoms. The van der Waals surface area contributed by atoms with Crippen LogP contribution in [0, 0.1) is 11.8 Å². The first-order valence-electron chi connectivity index (χ1n) is 10.3. The maximum Gasteiger partial charge on any atom is 0.416 e. The van der Waals surface area contributed by atoms with Gasteiger partial charge < -0.3 is 4.74 Å². The van der Waals surface area contributed by atoms with Crippen LogP contribution in [0.3, 0.4) is 0 Å². The van der Waals surface area contributed by atoms with E-state index in [-0.39, 0.29) is 30.3 Å². The number of imide groups is 1. The Morgan fingerprint density at radius 2 is 1.75 bits per heavy atom. The van der Waals surface area contributed by atoms with E-state index >= 15 is 0 Å². The van der Waals surface area contributed by atoms with Crippen molar-refractivity contribution in [1.82, 2.24) is 9.88 Å². The normalized spacial score (nSPS) is 22.1. The minimum absolute atomic E-state index is 0.163. The fraction of sp³-hybridized carbons (Fsp3) is 0.455. The Bertz CT molecular complexity index is 1010. The van der Waals surface area contributed by atoms with Crippen LogP contribution >= 0.6 is 11.3 Å². The zero-order valence-corrected chi connectivity index (χ0v) is 18.0. The van der Waals surface area contributed by atoms with Gasteiger partial charge in [0.2, 0.25) is 11.8 Å². The standard InChI is InChI=1S/C22H21F3N2O4S/c1-12(27-19(28)16-4-2-3-5-17(16)20(27)29)21(30)31-10-15-11-32-18(26-15)13-6-8-14(9-7-13)22(23,24)25/h6-9,11-12,16-17H,2-5,10H2,1H3/t12-,16?,17?/m0/s1. The number of esters is 1. The molecule has 1 aliphatic heterocycles. The molecule has 170 valence electrons. The lowest BCUT2D eigenvalue weighted by Gasteiger charge is -2.21. The van der Waals surface area contributed by atoms with Gasteiger partial charge in [0.05, 0.1) is 23.1 Å². The van der Waals surface area contributed by atoms with Crippen LogP contribution in [0.15, 0.2) is 29.6 Å². The maximum atomic E-state index is 12.7. The minimum Gasteiger partial charge on any atom is -0.458 e. The monoisotopic (exact) mass is 466 g/mol. The van der Waals surface area contributed by atoms with E-state index in [9.17, 15) is 27.6 Å². The highest BCUT2D eigenvalue weighted by Gasteiger charge is 2.51. The topological polar surface area (TPSA) is 76.6 Å². The first-order valence-corrected chi connectivity index (χ1v) is 11.2. The number of nitrogens with zero attached hydrogens (tertiary/aromatic N) is 2. The maximum absolute atomic E-state index is 12.7. The third kappa shape index (κ3) is 4.28. The Morgan fingerprint density at radius 3 is 2.31 bits per heavy atom. The van der Waals surface area contributed by atoms with Crippen LogP contribution in [0.2, 0.25) is 0 Å². The summed E-state index contributed by atoms with van der Waals surface area (Å²) in [6.07, 6.45) is -1.28. The van der Waals surface area contributed by atoms with Crippen LogP contribution in [0.5, 0.6) is 0 Å². The molecule has 0 spiro atoms. The van der Waals surface area contributed by atoms with E-state index in [4.69, 9.17) is 4.74 Å². The summed E-state index contributed by atoms with van der Waals surface area (Å²) in [5.41, 5.74) is 0.204. The first-order chi connectivity index (χ1) is 15.2. The fourth-order valence-corrected chi connectivity index (χ4v) is 5.06. The van der Waals surface area contributed by atoms with Crippen LogP contribution < -0.4 is 0 Å². The number of hydrogen-bond acceptors (Lipinski definition) is 6. The summed E-state index contributed by atoms with van der Waals surface area (Å²) >= 11 is 1.21. The molecule has 10 heteroatoms. The molecule has 32 heavy (non-hydrogen) atoms. The van der Waals surface area contributed by atoms with Crippen molar-refractivity contribution >= 4 is 29.1 Å². The molecular formula is C22H21F3N2O4S. The number of halogens is 3. The van der Waals surface area contributed by atoms with Crippen LogP contribution in [0.1, 0.15) is 43.9 Å². The van der Waals surface area contributed by atoms with Gasteiger partial charge in [0, 0.05) is 10.9 Å². The number of fused-ring (bicyclic) bond motifs is 1. The number of benzene rings is 1. The molecule has 2 aliphatic rings. The Kier molecular flexibility index (Phi) is 6.07. The van der Waals surface area contributed by atoms with Crippen LogP contribution in [0.25, 0.3) is 10.6 Å². The number of amides is 2. The molecule has 2 fully saturated rings. The SMILES string of the molecule is C[C@@H](C(=O)OCc1csc(-c2ccc(C(F)(F)F)cc2)n1)N1C(=O)C2CCCCC2C1=O. The quantitative estimate of drug-likeness (QED) is 0.481. The molecule has 1 saturated heterocycles. The highest BCUT2D eigenvalue weighted by Crippen LogP contribution is 2.39. The van der Waals surface area contributed by atoms with Gasteiger partial charge in [-0.2, -0.15) is 13.2 Å². The van der Waals surface area contributed by atoms with Gasteiger partial charge in [0.15, 0.2) is 0 Å². The summed E-state index contributed by atoms with van der Waals surface area (Å²) < 4.78 is 43.4. The van der Waals surface area contributed by atoms with Crippen LogP contribution in [-0.2, 0) is 31.9 Å². The molecule has 1 saturated carbocycles. The van der Waals surface area contributed by atoms with Gasteiger partial charge in [0.1, 0.15) is 17.7 Å². The minimum atomic E-state index is -4.41. The van der Waals surface area contributed by atoms with Crippen LogP contribution in [-0.4, -0.2) is 33.7 Å². The van der Waals surface area contributed by atoms with Gasteiger partial charge in [-0.05, 0) is 31.9 Å². The Balaban J connectivity index is 1.37. The van der Waals surface area contributed by atoms with Crippen molar-refractivity contribution in [3.05, 3.63) is 40.9 Å². The molecule has 1 aromatic carbocycles. The van der Waals surface area contributed by atoms with Gasteiger partial charge in [-0.1, -0.05) is 25.0 Å². The molecule has 0 N–H and O–H groups in total. The highest BCUT2D eigenvalue weighted by molar-refractivity contribution is 7.13. The van der Waals surface area contributed by atoms with Crippen molar-refractivity contribution < 1.29 is 32.3 Å². The lowest BCUT2D eigenvalue weighted by atomic mass is 9.81. The number of carbonyl (C=O) groups excluding carboxylic acids is 3. The first kappa shape index (κ1) is 22.4. The number of aromatic nitrogens is 1. The van der Waals surface area contributed by atoms with Crippen LogP contribution in [0.4, 0.5) is 13.2 Å². The Morgan fingerprint density at radius 1 is 1.16 bits per heavy atom. The lowest BCUT2D eigenvalue weighted by molar-refractivity contribution is -0.159. The summed E-state index contributed by atoms with van der Waals surface area (Å²) in [5.74, 6) is -1.98. The summed E-state index contributed by atoms with van der Waals surface area (Å²) in [6.45, 7) is 1.31. The highest BCUT2D eigenvalue weighted by atomic mass is 32.1. The third-order valence-corrected chi connectivity index (χ3v) is 6.92. The van der Waals surface area contributed by atoms with Crippen molar-refractivity contribution in [2.45, 2.75) is 51.4 Å². The van der Waals surface area contributed by atoms with Crippen molar-refractivity contribution in [1.29, 1.82) is 0 Å². The molecule has 1 aliphatic carbocycles. The smallest absolute Gasteiger partial charge is 0.416 e. The summed E-state index contributed by atoms with van der Waals surface area (Å²) in [7, 11) is 0. The molecule has 2 heterocycles. The number of alkyl halides is 3. The lowest BCUT2D eigenvalue weighted by Crippen LogP contribution is -2.44. The van der Waals surface area contributed by atoms with Gasteiger partial charge >= 0.3 is 12.1 Å². The van der Waals surface area contributed by atoms with Gasteiger partial charge in [0.25, 0.3) is 0 Å². The number of hydrogen-bond donors (Lipinski definition) is 0. The molecule has 3 atom stereocenters. The summed E-state index contributed by atoms with van der Waals surface area (Å²) in [5, 5.41) is 2.14. The number of ether oxygens (including phenoxy) is 1. The van der Waals surface area contributed by atoms with Crippen molar-refractivity contribution in [3.8, 4) is 10.6 Å². The number of rotatable bonds is 5. The number of carbonyl (C=O) groups is 3. The zero-order valence-electron chi connectivity index (χ0n) is 17.2. The summed E-state index contributed by atoms with van der Waals surface area (Å²) in [6, 6.07) is 3.63. The zero-order chi connectivity index (χ0) is 23.0. The second-order valence-corrected chi connectivity index (χ2v) is 8.90. The van der Waals surface area contributed by atoms with E-state index in [0.717, 1.165) is 29.9 Å². The van der Waals surface area contributed by atoms with E-state index in [2.05, 4.69) is 4.98 Å². The van der Waals surface area contributed by atoms with E-state index < -0.39 is 23.8 Å². The second kappa shape index (κ2) is 8.65. The molecule has 1 aromatic heterocycles. The Hall–Kier alpha value is -2.75. The van der Waals surface area contributed by atoms with Gasteiger partial charge in [-0.3, -0.25) is 14.5 Å². The van der Waals surface area contributed by atoms with Crippen molar-refractivity contribution in [2.24, 2.45) is 11.8 Å². The predicted molar refractivity (Wildman–Crippen MR) is 109 cm³/mol. The van der Waals surface area contributed by atoms with Gasteiger partial charge in [-0.25, -0.2) is 9.78 Å². The molecular weight excluding hydrogens is 445 g/mol. The largest absolute Gasteiger partial charge is 0.458 e. The van der Waals surface area contributed by atoms with Gasteiger partial charge in [-0.15, -0.1) is 11.3 Å². The number of likely N-dealkylation sites (tertiary alicyclic amines) is 1. The van der Waals surface area contributed by atoms with E-state index in [1.165, 1.54) is 30.4 Å². The molecule has 0 radical (unpaired) electrons. The second-order valence-electron chi connectivity index (χ2n) is 8.05. The average Bonchev–Trinajstić information content (AvgIpc) is 3.34. The Labute approximate surface area is 186 Å². The average molecular weight is 466 g/mol. The molecule has 2 amide bonds.